The molecular formula is C13H10BrClFN. The fourth-order valence-corrected chi connectivity index (χ4v) is 2.29. The Morgan fingerprint density at radius 1 is 1.24 bits per heavy atom. The number of nitrogens with two attached hydrogens (primary N) is 1. The number of hydrogen-bond donors (Lipinski definition) is 1. The van der Waals surface area contributed by atoms with Crippen molar-refractivity contribution in [1.29, 1.82) is 0 Å². The van der Waals surface area contributed by atoms with Gasteiger partial charge in [-0.25, -0.2) is 4.39 Å². The molecule has 0 saturated heterocycles. The van der Waals surface area contributed by atoms with E-state index in [1.54, 1.807) is 0 Å². The minimum Gasteiger partial charge on any atom is -0.398 e. The summed E-state index contributed by atoms with van der Waals surface area (Å²) in [5.74, 6) is -0.362. The highest BCUT2D eigenvalue weighted by atomic mass is 79.9. The molecule has 0 aliphatic heterocycles. The average molecular weight is 315 g/mol. The minimum absolute atomic E-state index is 0.362. The number of anilines is 1. The van der Waals surface area contributed by atoms with Gasteiger partial charge in [-0.3, -0.25) is 0 Å². The monoisotopic (exact) mass is 313 g/mol. The van der Waals surface area contributed by atoms with Crippen molar-refractivity contribution in [2.45, 2.75) is 6.92 Å². The molecule has 2 rings (SSSR count). The second-order valence-electron chi connectivity index (χ2n) is 3.77. The molecule has 0 radical (unpaired) electrons. The van der Waals surface area contributed by atoms with Gasteiger partial charge >= 0.3 is 0 Å². The van der Waals surface area contributed by atoms with Gasteiger partial charge in [0.1, 0.15) is 5.82 Å². The predicted octanol–water partition coefficient (Wildman–Crippen LogP) is 4.80. The molecule has 4 heteroatoms. The van der Waals surface area contributed by atoms with E-state index >= 15 is 0 Å². The van der Waals surface area contributed by atoms with Gasteiger partial charge in [0, 0.05) is 15.7 Å². The van der Waals surface area contributed by atoms with Crippen LogP contribution in [0.15, 0.2) is 34.8 Å². The molecule has 2 aromatic carbocycles. The van der Waals surface area contributed by atoms with Crippen molar-refractivity contribution in [1.82, 2.24) is 0 Å². The first kappa shape index (κ1) is 12.4. The van der Waals surface area contributed by atoms with E-state index in [0.717, 1.165) is 15.6 Å². The van der Waals surface area contributed by atoms with Crippen molar-refractivity contribution in [3.05, 3.63) is 51.2 Å². The molecule has 0 aliphatic carbocycles. The van der Waals surface area contributed by atoms with Crippen LogP contribution in [0.4, 0.5) is 10.1 Å². The Morgan fingerprint density at radius 2 is 1.94 bits per heavy atom. The molecular weight excluding hydrogens is 305 g/mol. The van der Waals surface area contributed by atoms with Crippen LogP contribution in [0.5, 0.6) is 0 Å². The van der Waals surface area contributed by atoms with Crippen molar-refractivity contribution in [3.63, 3.8) is 0 Å². The summed E-state index contributed by atoms with van der Waals surface area (Å²) < 4.78 is 14.2. The van der Waals surface area contributed by atoms with E-state index in [1.807, 2.05) is 25.1 Å². The Labute approximate surface area is 113 Å². The van der Waals surface area contributed by atoms with Gasteiger partial charge in [-0.15, -0.1) is 0 Å². The molecule has 2 N–H and O–H groups in total. The predicted molar refractivity (Wildman–Crippen MR) is 73.7 cm³/mol. The van der Waals surface area contributed by atoms with Crippen LogP contribution in [0.25, 0.3) is 11.1 Å². The van der Waals surface area contributed by atoms with Crippen LogP contribution in [-0.2, 0) is 0 Å². The summed E-state index contributed by atoms with van der Waals surface area (Å²) in [5, 5.41) is 0.556. The Balaban J connectivity index is 2.73. The molecule has 2 aromatic rings. The Bertz CT molecular complexity index is 584. The maximum atomic E-state index is 13.4. The first-order valence-corrected chi connectivity index (χ1v) is 6.18. The summed E-state index contributed by atoms with van der Waals surface area (Å²) in [6.07, 6.45) is 0. The second-order valence-corrected chi connectivity index (χ2v) is 5.00. The number of benzene rings is 2. The van der Waals surface area contributed by atoms with Crippen LogP contribution in [0, 0.1) is 12.7 Å². The lowest BCUT2D eigenvalue weighted by atomic mass is 9.99. The third kappa shape index (κ3) is 2.31. The second kappa shape index (κ2) is 4.67. The lowest BCUT2D eigenvalue weighted by Gasteiger charge is -2.11. The van der Waals surface area contributed by atoms with Gasteiger partial charge in [0.15, 0.2) is 0 Å². The summed E-state index contributed by atoms with van der Waals surface area (Å²) >= 11 is 9.54. The van der Waals surface area contributed by atoms with E-state index in [9.17, 15) is 4.39 Å². The SMILES string of the molecule is Cc1c(N)cc(F)cc1-c1cccc(Br)c1Cl. The lowest BCUT2D eigenvalue weighted by molar-refractivity contribution is 0.628. The Kier molecular flexibility index (Phi) is 3.40. The quantitative estimate of drug-likeness (QED) is 0.752. The molecule has 0 heterocycles. The largest absolute Gasteiger partial charge is 0.398 e. The van der Waals surface area contributed by atoms with E-state index in [1.165, 1.54) is 12.1 Å². The van der Waals surface area contributed by atoms with Gasteiger partial charge in [0.2, 0.25) is 0 Å². The molecule has 0 aromatic heterocycles. The topological polar surface area (TPSA) is 26.0 Å². The first-order chi connectivity index (χ1) is 8.00. The van der Waals surface area contributed by atoms with Crippen LogP contribution in [0.1, 0.15) is 5.56 Å². The van der Waals surface area contributed by atoms with E-state index in [2.05, 4.69) is 15.9 Å². The number of hydrogen-bond acceptors (Lipinski definition) is 1. The Hall–Kier alpha value is -1.06. The van der Waals surface area contributed by atoms with Gasteiger partial charge in [0.05, 0.1) is 5.02 Å². The summed E-state index contributed by atoms with van der Waals surface area (Å²) in [6.45, 7) is 1.85. The van der Waals surface area contributed by atoms with Crippen LogP contribution in [0.3, 0.4) is 0 Å². The molecule has 0 amide bonds. The zero-order valence-electron chi connectivity index (χ0n) is 9.10. The van der Waals surface area contributed by atoms with Gasteiger partial charge in [0.25, 0.3) is 0 Å². The molecule has 0 unspecified atom stereocenters. The fourth-order valence-electron chi connectivity index (χ4n) is 1.69. The van der Waals surface area contributed by atoms with E-state index in [-0.39, 0.29) is 5.82 Å². The lowest BCUT2D eigenvalue weighted by Crippen LogP contribution is -1.95. The smallest absolute Gasteiger partial charge is 0.125 e. The van der Waals surface area contributed by atoms with Crippen molar-refractivity contribution in [2.75, 3.05) is 5.73 Å². The van der Waals surface area contributed by atoms with Gasteiger partial charge in [-0.2, -0.15) is 0 Å². The molecule has 0 saturated carbocycles. The highest BCUT2D eigenvalue weighted by Gasteiger charge is 2.11. The summed E-state index contributed by atoms with van der Waals surface area (Å²) in [6, 6.07) is 8.29. The van der Waals surface area contributed by atoms with Crippen molar-refractivity contribution >= 4 is 33.2 Å². The van der Waals surface area contributed by atoms with Crippen LogP contribution < -0.4 is 5.73 Å². The normalized spacial score (nSPS) is 10.6. The van der Waals surface area contributed by atoms with Gasteiger partial charge in [-0.1, -0.05) is 23.7 Å². The molecule has 0 atom stereocenters. The van der Waals surface area contributed by atoms with Crippen LogP contribution in [-0.4, -0.2) is 0 Å². The molecule has 0 fully saturated rings. The molecule has 17 heavy (non-hydrogen) atoms. The number of nitrogen functional groups attached to an aromatic ring is 1. The first-order valence-electron chi connectivity index (χ1n) is 5.00. The molecule has 88 valence electrons. The van der Waals surface area contributed by atoms with E-state index < -0.39 is 0 Å². The zero-order chi connectivity index (χ0) is 12.6. The maximum Gasteiger partial charge on any atom is 0.125 e. The molecule has 0 bridgehead atoms. The third-order valence-corrected chi connectivity index (χ3v) is 3.95. The third-order valence-electron chi connectivity index (χ3n) is 2.65. The molecule has 0 aliphatic rings. The number of halogens is 3. The van der Waals surface area contributed by atoms with Crippen molar-refractivity contribution < 1.29 is 4.39 Å². The van der Waals surface area contributed by atoms with Gasteiger partial charge in [-0.05, 0) is 52.2 Å². The minimum atomic E-state index is -0.362. The zero-order valence-corrected chi connectivity index (χ0v) is 11.4. The van der Waals surface area contributed by atoms with Crippen molar-refractivity contribution in [2.24, 2.45) is 0 Å². The highest BCUT2D eigenvalue weighted by Crippen LogP contribution is 2.36. The Morgan fingerprint density at radius 3 is 2.65 bits per heavy atom. The van der Waals surface area contributed by atoms with Gasteiger partial charge < -0.3 is 5.73 Å². The molecule has 0 spiro atoms. The highest BCUT2D eigenvalue weighted by molar-refractivity contribution is 9.10. The summed E-state index contributed by atoms with van der Waals surface area (Å²) in [4.78, 5) is 0. The van der Waals surface area contributed by atoms with Crippen LogP contribution in [0.2, 0.25) is 5.02 Å². The average Bonchev–Trinajstić information content (AvgIpc) is 2.27. The van der Waals surface area contributed by atoms with E-state index in [4.69, 9.17) is 17.3 Å². The summed E-state index contributed by atoms with van der Waals surface area (Å²) in [5.41, 5.74) is 8.49. The summed E-state index contributed by atoms with van der Waals surface area (Å²) in [7, 11) is 0. The maximum absolute atomic E-state index is 13.4. The number of rotatable bonds is 1. The van der Waals surface area contributed by atoms with Crippen molar-refractivity contribution in [3.8, 4) is 11.1 Å². The standard InChI is InChI=1S/C13H10BrClFN/c1-7-10(5-8(16)6-12(7)17)9-3-2-4-11(14)13(9)15/h2-6H,17H2,1H3. The van der Waals surface area contributed by atoms with E-state index in [0.29, 0.717) is 16.3 Å². The molecule has 1 nitrogen and oxygen atoms in total. The fraction of sp³-hybridized carbons (Fsp3) is 0.0769. The van der Waals surface area contributed by atoms with Crippen LogP contribution >= 0.6 is 27.5 Å².